The third kappa shape index (κ3) is 2.59. The van der Waals surface area contributed by atoms with Crippen molar-refractivity contribution in [2.24, 2.45) is 0 Å². The first kappa shape index (κ1) is 7.44. The molecule has 0 bridgehead atoms. The van der Waals surface area contributed by atoms with Crippen molar-refractivity contribution >= 4 is 0 Å². The Kier molecular flexibility index (Phi) is 4.27. The Bertz CT molecular complexity index is 92.6. The molecule has 0 radical (unpaired) electrons. The van der Waals surface area contributed by atoms with E-state index < -0.39 is 0 Å². The zero-order chi connectivity index (χ0) is 6.41. The van der Waals surface area contributed by atoms with E-state index in [0.29, 0.717) is 0 Å². The number of allylic oxidation sites excluding steroid dienone is 1. The topological polar surface area (TPSA) is 12.0 Å². The molecule has 0 aromatic heterocycles. The van der Waals surface area contributed by atoms with E-state index in [2.05, 4.69) is 11.9 Å². The summed E-state index contributed by atoms with van der Waals surface area (Å²) in [5, 5.41) is 3.03. The van der Waals surface area contributed by atoms with Crippen LogP contribution in [0.5, 0.6) is 0 Å². The summed E-state index contributed by atoms with van der Waals surface area (Å²) in [7, 11) is 1.92. The van der Waals surface area contributed by atoms with Gasteiger partial charge >= 0.3 is 0 Å². The molecule has 0 aliphatic heterocycles. The lowest BCUT2D eigenvalue weighted by atomic mass is 10.2. The first-order valence-corrected chi connectivity index (χ1v) is 2.77. The monoisotopic (exact) mass is 111 g/mol. The summed E-state index contributed by atoms with van der Waals surface area (Å²) in [5.74, 6) is 0. The second kappa shape index (κ2) is 4.60. The van der Waals surface area contributed by atoms with Crippen molar-refractivity contribution in [3.63, 3.8) is 0 Å². The predicted molar refractivity (Wildman–Crippen MR) is 37.9 cm³/mol. The highest BCUT2D eigenvalue weighted by molar-refractivity contribution is 5.16. The summed E-state index contributed by atoms with van der Waals surface area (Å²) in [6.07, 6.45) is 3.90. The van der Waals surface area contributed by atoms with Gasteiger partial charge in [0.15, 0.2) is 0 Å². The van der Waals surface area contributed by atoms with Crippen molar-refractivity contribution in [3.8, 4) is 0 Å². The van der Waals surface area contributed by atoms with Crippen LogP contribution < -0.4 is 5.32 Å². The molecule has 0 spiro atoms. The van der Waals surface area contributed by atoms with Crippen LogP contribution in [-0.2, 0) is 0 Å². The summed E-state index contributed by atoms with van der Waals surface area (Å²) >= 11 is 0. The Morgan fingerprint density at radius 1 is 1.75 bits per heavy atom. The largest absolute Gasteiger partial charge is 0.316 e. The fraction of sp³-hybridized carbons (Fsp3) is 0.429. The van der Waals surface area contributed by atoms with Crippen molar-refractivity contribution < 1.29 is 0 Å². The van der Waals surface area contributed by atoms with Gasteiger partial charge in [-0.1, -0.05) is 18.7 Å². The molecule has 0 unspecified atom stereocenters. The van der Waals surface area contributed by atoms with Crippen molar-refractivity contribution in [1.29, 1.82) is 0 Å². The minimum Gasteiger partial charge on any atom is -0.316 e. The molecule has 0 aliphatic carbocycles. The van der Waals surface area contributed by atoms with Crippen molar-refractivity contribution in [1.82, 2.24) is 5.32 Å². The van der Waals surface area contributed by atoms with Crippen molar-refractivity contribution in [3.05, 3.63) is 24.3 Å². The van der Waals surface area contributed by atoms with Gasteiger partial charge < -0.3 is 5.32 Å². The highest BCUT2D eigenvalue weighted by Gasteiger charge is 1.82. The van der Waals surface area contributed by atoms with Gasteiger partial charge in [0, 0.05) is 6.54 Å². The van der Waals surface area contributed by atoms with Gasteiger partial charge in [-0.2, -0.15) is 0 Å². The molecule has 0 saturated heterocycles. The number of likely N-dealkylation sites (N-methyl/N-ethyl adjacent to an activating group) is 1. The van der Waals surface area contributed by atoms with Crippen LogP contribution in [0.1, 0.15) is 6.92 Å². The number of rotatable bonds is 3. The van der Waals surface area contributed by atoms with Crippen LogP contribution >= 0.6 is 0 Å². The Balaban J connectivity index is 3.54. The second-order valence-electron chi connectivity index (χ2n) is 1.60. The second-order valence-corrected chi connectivity index (χ2v) is 1.60. The van der Waals surface area contributed by atoms with Crippen LogP contribution in [0.15, 0.2) is 24.3 Å². The maximum atomic E-state index is 3.64. The molecule has 8 heavy (non-hydrogen) atoms. The van der Waals surface area contributed by atoms with E-state index >= 15 is 0 Å². The lowest BCUT2D eigenvalue weighted by molar-refractivity contribution is 0.894. The normalized spacial score (nSPS) is 11.5. The summed E-state index contributed by atoms with van der Waals surface area (Å²) in [6, 6.07) is 0. The van der Waals surface area contributed by atoms with Crippen LogP contribution in [0.3, 0.4) is 0 Å². The quantitative estimate of drug-likeness (QED) is 0.542. The minimum atomic E-state index is 0.917. The SMILES string of the molecule is C=C/C(=C/C)CNC. The van der Waals surface area contributed by atoms with Gasteiger partial charge in [0.25, 0.3) is 0 Å². The fourth-order valence-corrected chi connectivity index (χ4v) is 0.496. The van der Waals surface area contributed by atoms with E-state index in [-0.39, 0.29) is 0 Å². The minimum absolute atomic E-state index is 0.917. The summed E-state index contributed by atoms with van der Waals surface area (Å²) < 4.78 is 0. The lowest BCUT2D eigenvalue weighted by Gasteiger charge is -1.95. The van der Waals surface area contributed by atoms with Crippen LogP contribution in [-0.4, -0.2) is 13.6 Å². The summed E-state index contributed by atoms with van der Waals surface area (Å²) in [6.45, 7) is 6.57. The Labute approximate surface area is 51.1 Å². The Hall–Kier alpha value is -0.560. The van der Waals surface area contributed by atoms with Gasteiger partial charge in [0.1, 0.15) is 0 Å². The zero-order valence-electron chi connectivity index (χ0n) is 5.57. The average molecular weight is 111 g/mol. The number of nitrogens with one attached hydrogen (secondary N) is 1. The molecule has 1 heteroatoms. The molecule has 0 rings (SSSR count). The highest BCUT2D eigenvalue weighted by Crippen LogP contribution is 1.89. The molecule has 0 aromatic rings. The van der Waals surface area contributed by atoms with E-state index in [1.165, 1.54) is 5.57 Å². The predicted octanol–water partition coefficient (Wildman–Crippen LogP) is 1.34. The molecule has 46 valence electrons. The molecule has 0 aliphatic rings. The van der Waals surface area contributed by atoms with Gasteiger partial charge in [0.2, 0.25) is 0 Å². The van der Waals surface area contributed by atoms with E-state index in [1.54, 1.807) is 0 Å². The van der Waals surface area contributed by atoms with Crippen molar-refractivity contribution in [2.75, 3.05) is 13.6 Å². The van der Waals surface area contributed by atoms with Gasteiger partial charge in [-0.25, -0.2) is 0 Å². The molecule has 0 atom stereocenters. The van der Waals surface area contributed by atoms with Crippen LogP contribution in [0.2, 0.25) is 0 Å². The smallest absolute Gasteiger partial charge is 0.0199 e. The third-order valence-electron chi connectivity index (χ3n) is 1.01. The summed E-state index contributed by atoms with van der Waals surface area (Å²) in [5.41, 5.74) is 1.24. The van der Waals surface area contributed by atoms with Gasteiger partial charge in [-0.15, -0.1) is 0 Å². The molecule has 1 nitrogen and oxygen atoms in total. The first-order valence-electron chi connectivity index (χ1n) is 2.77. The molecule has 0 fully saturated rings. The molecule has 0 saturated carbocycles. The molecule has 0 heterocycles. The number of hydrogen-bond acceptors (Lipinski definition) is 1. The van der Waals surface area contributed by atoms with Gasteiger partial charge in [0.05, 0.1) is 0 Å². The zero-order valence-corrected chi connectivity index (χ0v) is 5.57. The van der Waals surface area contributed by atoms with Gasteiger partial charge in [-0.3, -0.25) is 0 Å². The molecule has 0 aromatic carbocycles. The maximum absolute atomic E-state index is 3.64. The summed E-state index contributed by atoms with van der Waals surface area (Å²) in [4.78, 5) is 0. The highest BCUT2D eigenvalue weighted by atomic mass is 14.8. The standard InChI is InChI=1S/C7H13N/c1-4-7(5-2)6-8-3/h4-5,8H,1,6H2,2-3H3/b7-5-. The van der Waals surface area contributed by atoms with Crippen LogP contribution in [0, 0.1) is 0 Å². The molecular formula is C7H13N. The lowest BCUT2D eigenvalue weighted by Crippen LogP contribution is -2.08. The van der Waals surface area contributed by atoms with E-state index in [0.717, 1.165) is 6.54 Å². The van der Waals surface area contributed by atoms with E-state index in [9.17, 15) is 0 Å². The maximum Gasteiger partial charge on any atom is 0.0199 e. The molecule has 0 amide bonds. The van der Waals surface area contributed by atoms with Crippen LogP contribution in [0.4, 0.5) is 0 Å². The Morgan fingerprint density at radius 2 is 2.38 bits per heavy atom. The Morgan fingerprint density at radius 3 is 2.50 bits per heavy atom. The first-order chi connectivity index (χ1) is 3.85. The number of hydrogen-bond donors (Lipinski definition) is 1. The average Bonchev–Trinajstić information content (AvgIpc) is 1.83. The van der Waals surface area contributed by atoms with Gasteiger partial charge in [-0.05, 0) is 19.5 Å². The fourth-order valence-electron chi connectivity index (χ4n) is 0.496. The van der Waals surface area contributed by atoms with Crippen LogP contribution in [0.25, 0.3) is 0 Å². The molecule has 1 N–H and O–H groups in total. The molecular weight excluding hydrogens is 98.1 g/mol. The van der Waals surface area contributed by atoms with Crippen molar-refractivity contribution in [2.45, 2.75) is 6.92 Å². The van der Waals surface area contributed by atoms with E-state index in [4.69, 9.17) is 0 Å². The third-order valence-corrected chi connectivity index (χ3v) is 1.01. The van der Waals surface area contributed by atoms with E-state index in [1.807, 2.05) is 26.1 Å².